The van der Waals surface area contributed by atoms with Gasteiger partial charge in [-0.15, -0.1) is 0 Å². The van der Waals surface area contributed by atoms with Gasteiger partial charge in [0.1, 0.15) is 17.8 Å². The average Bonchev–Trinajstić information content (AvgIpc) is 2.88. The molecule has 4 fully saturated rings. The lowest BCUT2D eigenvalue weighted by atomic mass is 9.47. The molecule has 7 heteroatoms. The molecule has 22 heavy (non-hydrogen) atoms. The van der Waals surface area contributed by atoms with Crippen molar-refractivity contribution in [1.29, 1.82) is 0 Å². The van der Waals surface area contributed by atoms with Crippen LogP contribution in [0.2, 0.25) is 0 Å². The fourth-order valence-electron chi connectivity index (χ4n) is 5.93. The summed E-state index contributed by atoms with van der Waals surface area (Å²) in [6.45, 7) is 4.67. The van der Waals surface area contributed by atoms with Gasteiger partial charge in [0.15, 0.2) is 11.9 Å². The highest BCUT2D eigenvalue weighted by atomic mass is 16.7. The molecule has 0 amide bonds. The first-order valence-electron chi connectivity index (χ1n) is 7.68. The number of esters is 1. The van der Waals surface area contributed by atoms with Gasteiger partial charge < -0.3 is 29.9 Å². The van der Waals surface area contributed by atoms with E-state index in [0.29, 0.717) is 6.42 Å². The highest BCUT2D eigenvalue weighted by Crippen LogP contribution is 2.79. The third-order valence-corrected chi connectivity index (χ3v) is 7.35. The van der Waals surface area contributed by atoms with Gasteiger partial charge in [0.05, 0.1) is 11.5 Å². The molecule has 1 aliphatic carbocycles. The molecule has 8 atom stereocenters. The Kier molecular flexibility index (Phi) is 2.37. The summed E-state index contributed by atoms with van der Waals surface area (Å²) in [7, 11) is 0. The third-order valence-electron chi connectivity index (χ3n) is 7.35. The minimum Gasteiger partial charge on any atom is -0.463 e. The zero-order valence-electron chi connectivity index (χ0n) is 12.9. The van der Waals surface area contributed by atoms with Gasteiger partial charge in [0, 0.05) is 11.8 Å². The smallest absolute Gasteiger partial charge is 0.335 e. The van der Waals surface area contributed by atoms with Gasteiger partial charge in [0.25, 0.3) is 0 Å². The fourth-order valence-corrected chi connectivity index (χ4v) is 5.93. The second kappa shape index (κ2) is 3.52. The van der Waals surface area contributed by atoms with E-state index in [2.05, 4.69) is 0 Å². The number of ether oxygens (including phenoxy) is 2. The molecule has 124 valence electrons. The molecular formula is C15H22O7. The highest BCUT2D eigenvalue weighted by Gasteiger charge is 2.93. The van der Waals surface area contributed by atoms with Crippen LogP contribution in [-0.2, 0) is 14.3 Å². The standard InChI is InChI=1S/C15H22O7/c1-7-4-8(16)15-11(2)6-21-10(18)9(17)13(7,15)5-14(20,22-15)12(11,3)19/h7-9,16-17,19-20H,4-6H2,1-3H3/t7-,8+,9-,11+,12+,13-,14-,15-/m0/s1. The summed E-state index contributed by atoms with van der Waals surface area (Å²) in [4.78, 5) is 12.2. The summed E-state index contributed by atoms with van der Waals surface area (Å²) in [5.41, 5.74) is -5.56. The van der Waals surface area contributed by atoms with Crippen LogP contribution in [0.1, 0.15) is 33.6 Å². The monoisotopic (exact) mass is 314 g/mol. The molecule has 0 radical (unpaired) electrons. The van der Waals surface area contributed by atoms with E-state index in [-0.39, 0.29) is 18.9 Å². The van der Waals surface area contributed by atoms with E-state index in [9.17, 15) is 25.2 Å². The molecular weight excluding hydrogens is 292 g/mol. The number of aliphatic hydroxyl groups is 4. The van der Waals surface area contributed by atoms with Gasteiger partial charge in [-0.05, 0) is 19.3 Å². The molecule has 0 unspecified atom stereocenters. The van der Waals surface area contributed by atoms with Crippen LogP contribution >= 0.6 is 0 Å². The maximum atomic E-state index is 12.2. The van der Waals surface area contributed by atoms with E-state index in [1.165, 1.54) is 6.92 Å². The van der Waals surface area contributed by atoms with Crippen molar-refractivity contribution in [1.82, 2.24) is 0 Å². The predicted molar refractivity (Wildman–Crippen MR) is 71.3 cm³/mol. The first-order valence-corrected chi connectivity index (χ1v) is 7.68. The predicted octanol–water partition coefficient (Wildman–Crippen LogP) is -1.09. The number of carbonyl (C=O) groups is 1. The third kappa shape index (κ3) is 1.02. The van der Waals surface area contributed by atoms with Crippen molar-refractivity contribution in [2.45, 2.75) is 62.8 Å². The second-order valence-corrected chi connectivity index (χ2v) is 7.91. The number of carbonyl (C=O) groups excluding carboxylic acids is 1. The zero-order valence-corrected chi connectivity index (χ0v) is 12.9. The normalized spacial score (nSPS) is 66.1. The summed E-state index contributed by atoms with van der Waals surface area (Å²) in [5, 5.41) is 43.3. The van der Waals surface area contributed by atoms with E-state index < -0.39 is 46.0 Å². The molecule has 7 nitrogen and oxygen atoms in total. The van der Waals surface area contributed by atoms with Crippen LogP contribution < -0.4 is 0 Å². The first-order chi connectivity index (χ1) is 10.0. The first kappa shape index (κ1) is 14.8. The quantitative estimate of drug-likeness (QED) is 0.420. The van der Waals surface area contributed by atoms with Crippen LogP contribution in [-0.4, -0.2) is 62.2 Å². The molecule has 1 saturated carbocycles. The Balaban J connectivity index is 2.08. The molecule has 3 heterocycles. The van der Waals surface area contributed by atoms with E-state index in [0.717, 1.165) is 0 Å². The van der Waals surface area contributed by atoms with E-state index in [1.807, 2.05) is 6.92 Å². The van der Waals surface area contributed by atoms with Crippen molar-refractivity contribution in [3.63, 3.8) is 0 Å². The molecule has 0 aromatic heterocycles. The number of cyclic esters (lactones) is 1. The number of hydrogen-bond acceptors (Lipinski definition) is 7. The summed E-state index contributed by atoms with van der Waals surface area (Å²) in [5.74, 6) is -3.00. The molecule has 4 rings (SSSR count). The summed E-state index contributed by atoms with van der Waals surface area (Å²) >= 11 is 0. The highest BCUT2D eigenvalue weighted by molar-refractivity contribution is 5.77. The van der Waals surface area contributed by atoms with Gasteiger partial charge in [-0.2, -0.15) is 0 Å². The molecule has 4 N–H and O–H groups in total. The maximum absolute atomic E-state index is 12.2. The van der Waals surface area contributed by atoms with Crippen molar-refractivity contribution < 1.29 is 34.7 Å². The Hall–Kier alpha value is -0.730. The Morgan fingerprint density at radius 3 is 2.50 bits per heavy atom. The van der Waals surface area contributed by atoms with Crippen LogP contribution in [0.3, 0.4) is 0 Å². The van der Waals surface area contributed by atoms with Gasteiger partial charge >= 0.3 is 5.97 Å². The van der Waals surface area contributed by atoms with E-state index >= 15 is 0 Å². The summed E-state index contributed by atoms with van der Waals surface area (Å²) in [6.07, 6.45) is -2.31. The van der Waals surface area contributed by atoms with Crippen molar-refractivity contribution >= 4 is 5.97 Å². The lowest BCUT2D eigenvalue weighted by Crippen LogP contribution is -2.72. The molecule has 3 saturated heterocycles. The minimum atomic E-state index is -1.94. The maximum Gasteiger partial charge on any atom is 0.335 e. The lowest BCUT2D eigenvalue weighted by molar-refractivity contribution is -0.258. The Bertz CT molecular complexity index is 576. The fraction of sp³-hybridized carbons (Fsp3) is 0.933. The summed E-state index contributed by atoms with van der Waals surface area (Å²) < 4.78 is 11.1. The largest absolute Gasteiger partial charge is 0.463 e. The van der Waals surface area contributed by atoms with Crippen LogP contribution in [0.25, 0.3) is 0 Å². The molecule has 0 aromatic rings. The van der Waals surface area contributed by atoms with Gasteiger partial charge in [-0.1, -0.05) is 13.8 Å². The minimum absolute atomic E-state index is 0.114. The van der Waals surface area contributed by atoms with Crippen molar-refractivity contribution in [2.75, 3.05) is 6.61 Å². The topological polar surface area (TPSA) is 116 Å². The Morgan fingerprint density at radius 2 is 1.86 bits per heavy atom. The van der Waals surface area contributed by atoms with Crippen molar-refractivity contribution in [3.05, 3.63) is 0 Å². The van der Waals surface area contributed by atoms with Gasteiger partial charge in [-0.3, -0.25) is 0 Å². The van der Waals surface area contributed by atoms with Crippen LogP contribution in [0.4, 0.5) is 0 Å². The van der Waals surface area contributed by atoms with E-state index in [4.69, 9.17) is 9.47 Å². The molecule has 2 bridgehead atoms. The second-order valence-electron chi connectivity index (χ2n) is 7.91. The summed E-state index contributed by atoms with van der Waals surface area (Å²) in [6, 6.07) is 0. The number of rotatable bonds is 0. The van der Waals surface area contributed by atoms with Crippen LogP contribution in [0, 0.1) is 16.7 Å². The van der Waals surface area contributed by atoms with Crippen molar-refractivity contribution in [3.8, 4) is 0 Å². The van der Waals surface area contributed by atoms with Gasteiger partial charge in [-0.25, -0.2) is 4.79 Å². The van der Waals surface area contributed by atoms with Crippen molar-refractivity contribution in [2.24, 2.45) is 16.7 Å². The van der Waals surface area contributed by atoms with Crippen LogP contribution in [0.15, 0.2) is 0 Å². The number of aliphatic hydroxyl groups excluding tert-OH is 2. The molecule has 4 aliphatic rings. The molecule has 0 aromatic carbocycles. The van der Waals surface area contributed by atoms with E-state index in [1.54, 1.807) is 6.92 Å². The van der Waals surface area contributed by atoms with Gasteiger partial charge in [0.2, 0.25) is 0 Å². The number of hydrogen-bond donors (Lipinski definition) is 4. The van der Waals surface area contributed by atoms with Crippen LogP contribution in [0.5, 0.6) is 0 Å². The average molecular weight is 314 g/mol. The molecule has 1 spiro atoms. The zero-order chi connectivity index (χ0) is 16.3. The lowest BCUT2D eigenvalue weighted by Gasteiger charge is -2.56. The Morgan fingerprint density at radius 1 is 1.23 bits per heavy atom. The SMILES string of the molecule is C[C@H]1C[C@@H](O)[C@@]23O[C@@]4(O)C[C@@]12[C@@H](O)C(=O)OC[C@]3(C)[C@@]4(C)O. The Labute approximate surface area is 127 Å². The molecule has 3 aliphatic heterocycles. The number of fused-ring (bicyclic) bond motifs is 1.